The number of carbonyl (C=O) groups is 1. The first-order chi connectivity index (χ1) is 7.33. The minimum Gasteiger partial charge on any atom is -0.329 e. The summed E-state index contributed by atoms with van der Waals surface area (Å²) in [6, 6.07) is 1.51. The Labute approximate surface area is 87.5 Å². The molecule has 1 aliphatic heterocycles. The molecule has 6 nitrogen and oxygen atoms in total. The Morgan fingerprint density at radius 2 is 2.27 bits per heavy atom. The number of carbonyl (C=O) groups excluding carboxylic acids is 1. The largest absolute Gasteiger partial charge is 0.329 e. The molecule has 2 rings (SSSR count). The molecule has 2 heterocycles. The van der Waals surface area contributed by atoms with E-state index in [9.17, 15) is 4.79 Å². The number of nitrogens with two attached hydrogens (primary N) is 1. The molecule has 6 heteroatoms. The highest BCUT2D eigenvalue weighted by Crippen LogP contribution is 2.21. The third-order valence-electron chi connectivity index (χ3n) is 2.51. The van der Waals surface area contributed by atoms with Gasteiger partial charge in [0.25, 0.3) is 5.91 Å². The maximum absolute atomic E-state index is 11.5. The van der Waals surface area contributed by atoms with Crippen LogP contribution < -0.4 is 16.2 Å². The zero-order valence-electron chi connectivity index (χ0n) is 8.26. The first-order valence-corrected chi connectivity index (χ1v) is 4.87. The molecule has 0 saturated carbocycles. The molecule has 1 unspecified atom stereocenters. The highest BCUT2D eigenvalue weighted by Gasteiger charge is 2.31. The molecule has 1 aromatic rings. The molecule has 1 saturated heterocycles. The van der Waals surface area contributed by atoms with E-state index in [0.717, 1.165) is 19.4 Å². The fourth-order valence-corrected chi connectivity index (χ4v) is 1.81. The summed E-state index contributed by atoms with van der Waals surface area (Å²) in [5.74, 6) is 5.53. The molecule has 0 bridgehead atoms. The molecule has 0 aliphatic carbocycles. The maximum Gasteiger partial charge on any atom is 0.256 e. The lowest BCUT2D eigenvalue weighted by atomic mass is 10.2. The molecule has 1 fully saturated rings. The van der Waals surface area contributed by atoms with E-state index in [-0.39, 0.29) is 11.9 Å². The van der Waals surface area contributed by atoms with Crippen molar-refractivity contribution in [2.75, 3.05) is 11.4 Å². The van der Waals surface area contributed by atoms with Crippen LogP contribution in [0.2, 0.25) is 0 Å². The van der Waals surface area contributed by atoms with Crippen molar-refractivity contribution in [1.82, 2.24) is 15.4 Å². The molecule has 1 amide bonds. The lowest BCUT2D eigenvalue weighted by molar-refractivity contribution is -0.122. The van der Waals surface area contributed by atoms with Gasteiger partial charge >= 0.3 is 0 Å². The summed E-state index contributed by atoms with van der Waals surface area (Å²) in [6.07, 6.45) is 5.08. The van der Waals surface area contributed by atoms with Crippen LogP contribution in [0.15, 0.2) is 18.5 Å². The average Bonchev–Trinajstić information content (AvgIpc) is 2.78. The number of hydrazine groups is 1. The third kappa shape index (κ3) is 1.89. The van der Waals surface area contributed by atoms with Crippen LogP contribution in [0.4, 0.5) is 5.95 Å². The van der Waals surface area contributed by atoms with Gasteiger partial charge in [0, 0.05) is 18.9 Å². The van der Waals surface area contributed by atoms with Crippen LogP contribution in [-0.2, 0) is 4.79 Å². The van der Waals surface area contributed by atoms with Crippen molar-refractivity contribution < 1.29 is 4.79 Å². The van der Waals surface area contributed by atoms with Crippen molar-refractivity contribution in [3.8, 4) is 0 Å². The van der Waals surface area contributed by atoms with Crippen molar-refractivity contribution in [2.45, 2.75) is 18.9 Å². The molecule has 3 N–H and O–H groups in total. The van der Waals surface area contributed by atoms with Gasteiger partial charge < -0.3 is 4.90 Å². The second-order valence-electron chi connectivity index (χ2n) is 3.41. The molecule has 0 spiro atoms. The van der Waals surface area contributed by atoms with E-state index < -0.39 is 0 Å². The van der Waals surface area contributed by atoms with Gasteiger partial charge in [-0.3, -0.25) is 10.2 Å². The lowest BCUT2D eigenvalue weighted by Crippen LogP contribution is -2.46. The Morgan fingerprint density at radius 1 is 1.53 bits per heavy atom. The number of nitrogens with zero attached hydrogens (tertiary/aromatic N) is 3. The third-order valence-corrected chi connectivity index (χ3v) is 2.51. The SMILES string of the molecule is NNC(=O)C1CCCN1c1ncccn1. The van der Waals surface area contributed by atoms with Crippen molar-refractivity contribution in [3.05, 3.63) is 18.5 Å². The van der Waals surface area contributed by atoms with Crippen molar-refractivity contribution in [3.63, 3.8) is 0 Å². The highest BCUT2D eigenvalue weighted by atomic mass is 16.2. The van der Waals surface area contributed by atoms with Gasteiger partial charge in [0.15, 0.2) is 0 Å². The van der Waals surface area contributed by atoms with Crippen molar-refractivity contribution in [1.29, 1.82) is 0 Å². The highest BCUT2D eigenvalue weighted by molar-refractivity contribution is 5.84. The Bertz CT molecular complexity index is 342. The van der Waals surface area contributed by atoms with E-state index in [1.54, 1.807) is 18.5 Å². The normalized spacial score (nSPS) is 20.3. The lowest BCUT2D eigenvalue weighted by Gasteiger charge is -2.22. The summed E-state index contributed by atoms with van der Waals surface area (Å²) in [5.41, 5.74) is 2.17. The summed E-state index contributed by atoms with van der Waals surface area (Å²) in [5, 5.41) is 0. The molecule has 0 radical (unpaired) electrons. The molecule has 1 aliphatic rings. The first-order valence-electron chi connectivity index (χ1n) is 4.87. The number of hydrogen-bond donors (Lipinski definition) is 2. The average molecular weight is 207 g/mol. The molecule has 1 atom stereocenters. The zero-order valence-corrected chi connectivity index (χ0v) is 8.26. The summed E-state index contributed by atoms with van der Waals surface area (Å²) in [4.78, 5) is 21.6. The Balaban J connectivity index is 2.18. The maximum atomic E-state index is 11.5. The van der Waals surface area contributed by atoms with Crippen LogP contribution in [0.5, 0.6) is 0 Å². The number of rotatable bonds is 2. The van der Waals surface area contributed by atoms with Gasteiger partial charge in [-0.05, 0) is 18.9 Å². The molecule has 15 heavy (non-hydrogen) atoms. The van der Waals surface area contributed by atoms with Gasteiger partial charge in [-0.25, -0.2) is 15.8 Å². The van der Waals surface area contributed by atoms with Crippen LogP contribution >= 0.6 is 0 Å². The Morgan fingerprint density at radius 3 is 2.93 bits per heavy atom. The van der Waals surface area contributed by atoms with E-state index in [1.807, 2.05) is 4.90 Å². The second-order valence-corrected chi connectivity index (χ2v) is 3.41. The summed E-state index contributed by atoms with van der Waals surface area (Å²) >= 11 is 0. The summed E-state index contributed by atoms with van der Waals surface area (Å²) in [7, 11) is 0. The zero-order chi connectivity index (χ0) is 10.7. The predicted octanol–water partition coefficient (Wildman–Crippen LogP) is -0.565. The molecule has 0 aromatic carbocycles. The smallest absolute Gasteiger partial charge is 0.256 e. The first kappa shape index (κ1) is 9.85. The van der Waals surface area contributed by atoms with Gasteiger partial charge in [-0.2, -0.15) is 0 Å². The van der Waals surface area contributed by atoms with Gasteiger partial charge in [0.2, 0.25) is 5.95 Å². The van der Waals surface area contributed by atoms with Crippen LogP contribution in [0.1, 0.15) is 12.8 Å². The fourth-order valence-electron chi connectivity index (χ4n) is 1.81. The number of amides is 1. The second kappa shape index (κ2) is 4.22. The van der Waals surface area contributed by atoms with Crippen LogP contribution in [-0.4, -0.2) is 28.5 Å². The Kier molecular flexibility index (Phi) is 2.77. The van der Waals surface area contributed by atoms with Gasteiger partial charge in [-0.15, -0.1) is 0 Å². The number of aromatic nitrogens is 2. The van der Waals surface area contributed by atoms with Gasteiger partial charge in [0.1, 0.15) is 6.04 Å². The summed E-state index contributed by atoms with van der Waals surface area (Å²) in [6.45, 7) is 0.794. The van der Waals surface area contributed by atoms with E-state index in [2.05, 4.69) is 15.4 Å². The van der Waals surface area contributed by atoms with Crippen molar-refractivity contribution >= 4 is 11.9 Å². The minimum absolute atomic E-state index is 0.181. The fraction of sp³-hybridized carbons (Fsp3) is 0.444. The van der Waals surface area contributed by atoms with Crippen molar-refractivity contribution in [2.24, 2.45) is 5.84 Å². The van der Waals surface area contributed by atoms with E-state index in [0.29, 0.717) is 5.95 Å². The molecule has 1 aromatic heterocycles. The quantitative estimate of drug-likeness (QED) is 0.385. The standard InChI is InChI=1S/C9H13N5O/c10-13-8(15)7-3-1-6-14(7)9-11-4-2-5-12-9/h2,4-5,7H,1,3,6,10H2,(H,13,15). The molecule has 80 valence electrons. The van der Waals surface area contributed by atoms with Gasteiger partial charge in [0.05, 0.1) is 0 Å². The minimum atomic E-state index is -0.239. The monoisotopic (exact) mass is 207 g/mol. The van der Waals surface area contributed by atoms with Crippen LogP contribution in [0.3, 0.4) is 0 Å². The molecular weight excluding hydrogens is 194 g/mol. The summed E-state index contributed by atoms with van der Waals surface area (Å²) < 4.78 is 0. The van der Waals surface area contributed by atoms with E-state index in [1.165, 1.54) is 0 Å². The number of anilines is 1. The van der Waals surface area contributed by atoms with E-state index in [4.69, 9.17) is 5.84 Å². The predicted molar refractivity (Wildman–Crippen MR) is 54.7 cm³/mol. The number of hydrogen-bond acceptors (Lipinski definition) is 5. The van der Waals surface area contributed by atoms with Crippen LogP contribution in [0, 0.1) is 0 Å². The Hall–Kier alpha value is -1.69. The van der Waals surface area contributed by atoms with Crippen LogP contribution in [0.25, 0.3) is 0 Å². The topological polar surface area (TPSA) is 84.1 Å². The van der Waals surface area contributed by atoms with E-state index >= 15 is 0 Å². The molecular formula is C9H13N5O. The number of nitrogens with one attached hydrogen (secondary N) is 1. The van der Waals surface area contributed by atoms with Gasteiger partial charge in [-0.1, -0.05) is 0 Å².